The van der Waals surface area contributed by atoms with Crippen molar-refractivity contribution in [2.45, 2.75) is 97.9 Å². The number of rotatable bonds is 12. The number of carbonyl (C=O) groups excluding carboxylic acids is 4. The number of nitrogens with one attached hydrogen (secondary N) is 2. The number of hydrogen-bond acceptors (Lipinski definition) is 6. The average molecular weight is 469 g/mol. The maximum Gasteiger partial charge on any atom is 0.254 e. The van der Waals surface area contributed by atoms with E-state index in [0.717, 1.165) is 0 Å². The highest BCUT2D eigenvalue weighted by Gasteiger charge is 2.39. The predicted octanol–water partition coefficient (Wildman–Crippen LogP) is 1.54. The van der Waals surface area contributed by atoms with Crippen molar-refractivity contribution in [3.05, 3.63) is 0 Å². The molecule has 2 saturated heterocycles. The molecule has 10 heteroatoms. The molecule has 2 aliphatic heterocycles. The summed E-state index contributed by atoms with van der Waals surface area (Å²) in [4.78, 5) is 63.1. The Morgan fingerprint density at radius 1 is 0.818 bits per heavy atom. The first kappa shape index (κ1) is 27.0. The first-order valence-corrected chi connectivity index (χ1v) is 12.0. The van der Waals surface area contributed by atoms with Gasteiger partial charge in [0.25, 0.3) is 11.8 Å². The number of carbonyl (C=O) groups is 4. The average Bonchev–Trinajstić information content (AvgIpc) is 3.14. The third-order valence-electron chi connectivity index (χ3n) is 5.85. The maximum absolute atomic E-state index is 12.4. The molecule has 2 heterocycles. The van der Waals surface area contributed by atoms with Crippen molar-refractivity contribution in [1.29, 1.82) is 0 Å². The van der Waals surface area contributed by atoms with Crippen LogP contribution in [0.25, 0.3) is 0 Å². The van der Waals surface area contributed by atoms with Crippen LogP contribution in [0.4, 0.5) is 0 Å². The molecule has 4 amide bonds. The molecule has 2 rings (SSSR count). The molecule has 0 aliphatic carbocycles. The van der Waals surface area contributed by atoms with Crippen LogP contribution < -0.4 is 11.0 Å². The van der Waals surface area contributed by atoms with Gasteiger partial charge in [-0.15, -0.1) is 0 Å². The van der Waals surface area contributed by atoms with Gasteiger partial charge in [0.05, 0.1) is 0 Å². The Morgan fingerprint density at radius 2 is 1.18 bits per heavy atom. The number of likely N-dealkylation sites (tertiary alicyclic amines) is 2. The second kappa shape index (κ2) is 12.3. The van der Waals surface area contributed by atoms with Crippen LogP contribution in [0.3, 0.4) is 0 Å². The summed E-state index contributed by atoms with van der Waals surface area (Å²) in [5.41, 5.74) is 4.66. The third-order valence-corrected chi connectivity index (χ3v) is 5.85. The normalized spacial score (nSPS) is 25.5. The van der Waals surface area contributed by atoms with Crippen LogP contribution in [0.1, 0.15) is 73.6 Å². The van der Waals surface area contributed by atoms with Crippen molar-refractivity contribution < 1.29 is 28.9 Å². The van der Waals surface area contributed by atoms with Gasteiger partial charge < -0.3 is 9.80 Å². The highest BCUT2D eigenvalue weighted by atomic mass is 16.7. The molecule has 2 fully saturated rings. The molecular formula is C23H40N4O6. The molecule has 2 N–H and O–H groups in total. The Balaban J connectivity index is 1.62. The SMILES string of the molecule is CC(C)CN1C(=O)[C@H](ONC(=O)CCCC(=O)NO[C@@H]2CC(C)N(CC(C)C)C2=O)CC1C. The van der Waals surface area contributed by atoms with Crippen LogP contribution in [0.2, 0.25) is 0 Å². The molecule has 0 aromatic heterocycles. The summed E-state index contributed by atoms with van der Waals surface area (Å²) < 4.78 is 0. The summed E-state index contributed by atoms with van der Waals surface area (Å²) in [6, 6.07) is 0.135. The largest absolute Gasteiger partial charge is 0.337 e. The van der Waals surface area contributed by atoms with Crippen LogP contribution >= 0.6 is 0 Å². The van der Waals surface area contributed by atoms with Crippen molar-refractivity contribution in [3.63, 3.8) is 0 Å². The zero-order chi connectivity index (χ0) is 24.7. The Morgan fingerprint density at radius 3 is 1.52 bits per heavy atom. The van der Waals surface area contributed by atoms with Gasteiger partial charge in [-0.2, -0.15) is 0 Å². The van der Waals surface area contributed by atoms with Gasteiger partial charge >= 0.3 is 0 Å². The highest BCUT2D eigenvalue weighted by molar-refractivity contribution is 5.84. The van der Waals surface area contributed by atoms with E-state index in [1.165, 1.54) is 0 Å². The van der Waals surface area contributed by atoms with Crippen molar-refractivity contribution in [3.8, 4) is 0 Å². The summed E-state index contributed by atoms with van der Waals surface area (Å²) in [6.45, 7) is 13.4. The molecule has 0 bridgehead atoms. The molecule has 2 unspecified atom stereocenters. The zero-order valence-electron chi connectivity index (χ0n) is 20.8. The minimum Gasteiger partial charge on any atom is -0.337 e. The van der Waals surface area contributed by atoms with Crippen LogP contribution in [-0.4, -0.2) is 70.8 Å². The molecule has 0 saturated carbocycles. The number of hydroxylamine groups is 2. The van der Waals surface area contributed by atoms with Crippen LogP contribution in [0.15, 0.2) is 0 Å². The fourth-order valence-electron chi connectivity index (χ4n) is 4.19. The van der Waals surface area contributed by atoms with Gasteiger partial charge in [-0.25, -0.2) is 11.0 Å². The quantitative estimate of drug-likeness (QED) is 0.420. The first-order chi connectivity index (χ1) is 15.5. The van der Waals surface area contributed by atoms with Gasteiger partial charge in [-0.3, -0.25) is 28.9 Å². The lowest BCUT2D eigenvalue weighted by molar-refractivity contribution is -0.150. The number of amides is 4. The second-order valence-corrected chi connectivity index (χ2v) is 10.1. The lowest BCUT2D eigenvalue weighted by Gasteiger charge is -2.23. The zero-order valence-corrected chi connectivity index (χ0v) is 20.8. The Labute approximate surface area is 196 Å². The molecule has 0 spiro atoms. The van der Waals surface area contributed by atoms with Crippen LogP contribution in [0, 0.1) is 11.8 Å². The highest BCUT2D eigenvalue weighted by Crippen LogP contribution is 2.23. The van der Waals surface area contributed by atoms with E-state index in [1.54, 1.807) is 9.80 Å². The van der Waals surface area contributed by atoms with Crippen molar-refractivity contribution in [2.24, 2.45) is 11.8 Å². The maximum atomic E-state index is 12.4. The van der Waals surface area contributed by atoms with Crippen molar-refractivity contribution in [1.82, 2.24) is 20.8 Å². The smallest absolute Gasteiger partial charge is 0.254 e. The van der Waals surface area contributed by atoms with E-state index in [0.29, 0.717) is 37.8 Å². The van der Waals surface area contributed by atoms with E-state index in [1.807, 2.05) is 41.5 Å². The number of hydrogen-bond donors (Lipinski definition) is 2. The van der Waals surface area contributed by atoms with Crippen molar-refractivity contribution >= 4 is 23.6 Å². The van der Waals surface area contributed by atoms with Gasteiger partial charge in [0.15, 0.2) is 12.2 Å². The first-order valence-electron chi connectivity index (χ1n) is 12.0. The summed E-state index contributed by atoms with van der Waals surface area (Å²) in [5, 5.41) is 0. The molecule has 4 atom stereocenters. The molecule has 0 aromatic rings. The fourth-order valence-corrected chi connectivity index (χ4v) is 4.19. The summed E-state index contributed by atoms with van der Waals surface area (Å²) >= 11 is 0. The minimum absolute atomic E-state index is 0.0673. The van der Waals surface area contributed by atoms with Crippen molar-refractivity contribution in [2.75, 3.05) is 13.1 Å². The van der Waals surface area contributed by atoms with Gasteiger partial charge in [-0.05, 0) is 32.1 Å². The monoisotopic (exact) mass is 468 g/mol. The molecule has 0 radical (unpaired) electrons. The lowest BCUT2D eigenvalue weighted by atomic mass is 10.2. The summed E-state index contributed by atoms with van der Waals surface area (Å²) in [7, 11) is 0. The molecule has 33 heavy (non-hydrogen) atoms. The second-order valence-electron chi connectivity index (χ2n) is 10.1. The van der Waals surface area contributed by atoms with Gasteiger partial charge in [0.2, 0.25) is 11.8 Å². The lowest BCUT2D eigenvalue weighted by Crippen LogP contribution is -2.39. The molecule has 10 nitrogen and oxygen atoms in total. The van der Waals surface area contributed by atoms with E-state index in [-0.39, 0.29) is 43.2 Å². The fraction of sp³-hybridized carbons (Fsp3) is 0.826. The Bertz CT molecular complexity index is 655. The van der Waals surface area contributed by atoms with E-state index >= 15 is 0 Å². The standard InChI is InChI=1S/C23H40N4O6/c1-14(2)12-26-16(5)10-18(22(26)30)32-24-20(28)8-7-9-21(29)25-33-19-11-17(6)27(23(19)31)13-15(3)4/h14-19H,7-13H2,1-6H3,(H,24,28)(H,25,29)/t16?,17?,18-,19-/m1/s1. The van der Waals surface area contributed by atoms with E-state index in [9.17, 15) is 19.2 Å². The van der Waals surface area contributed by atoms with E-state index < -0.39 is 24.0 Å². The third kappa shape index (κ3) is 7.96. The Kier molecular flexibility index (Phi) is 10.1. The Hall–Kier alpha value is -2.20. The van der Waals surface area contributed by atoms with Crippen LogP contribution in [0.5, 0.6) is 0 Å². The van der Waals surface area contributed by atoms with Gasteiger partial charge in [0.1, 0.15) is 0 Å². The van der Waals surface area contributed by atoms with Gasteiger partial charge in [0, 0.05) is 50.9 Å². The molecule has 2 aliphatic rings. The molecular weight excluding hydrogens is 428 g/mol. The predicted molar refractivity (Wildman–Crippen MR) is 121 cm³/mol. The molecule has 0 aromatic carbocycles. The summed E-state index contributed by atoms with van der Waals surface area (Å²) in [6.07, 6.45) is 0.120. The minimum atomic E-state index is -0.680. The summed E-state index contributed by atoms with van der Waals surface area (Å²) in [5.74, 6) is -0.305. The van der Waals surface area contributed by atoms with Gasteiger partial charge in [-0.1, -0.05) is 27.7 Å². The van der Waals surface area contributed by atoms with E-state index in [2.05, 4.69) is 11.0 Å². The topological polar surface area (TPSA) is 117 Å². The number of nitrogens with zero attached hydrogens (tertiary/aromatic N) is 2. The van der Waals surface area contributed by atoms with Crippen LogP contribution in [-0.2, 0) is 28.9 Å². The molecule has 188 valence electrons. The van der Waals surface area contributed by atoms with E-state index in [4.69, 9.17) is 9.68 Å².